The van der Waals surface area contributed by atoms with Crippen molar-refractivity contribution in [3.05, 3.63) is 70.2 Å². The fraction of sp³-hybridized carbons (Fsp3) is 0.481. The Balaban J connectivity index is 1.31. The summed E-state index contributed by atoms with van der Waals surface area (Å²) < 4.78 is 0. The second kappa shape index (κ2) is 11.5. The minimum absolute atomic E-state index is 0.0849. The highest BCUT2D eigenvalue weighted by molar-refractivity contribution is 7.80. The van der Waals surface area contributed by atoms with Gasteiger partial charge in [0.05, 0.1) is 26.2 Å². The van der Waals surface area contributed by atoms with E-state index in [-0.39, 0.29) is 18.0 Å². The number of hydrogen-bond donors (Lipinski definition) is 3. The van der Waals surface area contributed by atoms with Gasteiger partial charge in [-0.1, -0.05) is 66.0 Å². The third-order valence-electron chi connectivity index (χ3n) is 7.40. The second-order valence-electron chi connectivity index (χ2n) is 9.81. The minimum Gasteiger partial charge on any atom is -0.353 e. The van der Waals surface area contributed by atoms with Crippen molar-refractivity contribution in [3.63, 3.8) is 0 Å². The quantitative estimate of drug-likeness (QED) is 0.534. The summed E-state index contributed by atoms with van der Waals surface area (Å²) in [5, 5.41) is 7.47. The van der Waals surface area contributed by atoms with Crippen LogP contribution in [0.1, 0.15) is 48.8 Å². The van der Waals surface area contributed by atoms with Gasteiger partial charge in [-0.25, -0.2) is 0 Å². The van der Waals surface area contributed by atoms with Crippen LogP contribution in [0.2, 0.25) is 5.02 Å². The van der Waals surface area contributed by atoms with Gasteiger partial charge >= 0.3 is 0 Å². The van der Waals surface area contributed by atoms with E-state index in [9.17, 15) is 4.79 Å². The van der Waals surface area contributed by atoms with E-state index in [4.69, 9.17) is 23.8 Å². The second-order valence-corrected chi connectivity index (χ2v) is 10.6. The largest absolute Gasteiger partial charge is 0.353 e. The molecule has 0 aromatic heterocycles. The summed E-state index contributed by atoms with van der Waals surface area (Å²) in [4.78, 5) is 16.4. The number of carbonyl (C=O) groups is 1. The number of benzene rings is 2. The summed E-state index contributed by atoms with van der Waals surface area (Å²) in [6, 6.07) is 16.5. The topological polar surface area (TPSA) is 48.8 Å². The summed E-state index contributed by atoms with van der Waals surface area (Å²) in [5.74, 6) is -0.0849. The van der Waals surface area contributed by atoms with Crippen LogP contribution in [0.5, 0.6) is 0 Å². The maximum atomic E-state index is 12.4. The van der Waals surface area contributed by atoms with Gasteiger partial charge in [0.15, 0.2) is 5.11 Å². The molecular formula is C27H36ClN4OS+. The van der Waals surface area contributed by atoms with E-state index in [1.54, 1.807) is 4.90 Å². The van der Waals surface area contributed by atoms with Gasteiger partial charge in [-0.15, -0.1) is 0 Å². The Bertz CT molecular complexity index is 990. The van der Waals surface area contributed by atoms with E-state index >= 15 is 0 Å². The number of rotatable bonds is 6. The van der Waals surface area contributed by atoms with Crippen molar-refractivity contribution < 1.29 is 9.69 Å². The molecule has 2 aliphatic rings. The van der Waals surface area contributed by atoms with Gasteiger partial charge in [0.1, 0.15) is 12.1 Å². The summed E-state index contributed by atoms with van der Waals surface area (Å²) in [6.45, 7) is 6.73. The maximum Gasteiger partial charge on any atom is 0.239 e. The van der Waals surface area contributed by atoms with Gasteiger partial charge in [-0.05, 0) is 43.6 Å². The maximum absolute atomic E-state index is 12.4. The number of amides is 1. The normalized spacial score (nSPS) is 19.6. The molecule has 7 heteroatoms. The molecule has 4 rings (SSSR count). The van der Waals surface area contributed by atoms with E-state index in [0.717, 1.165) is 31.7 Å². The first-order valence-electron chi connectivity index (χ1n) is 12.4. The Hall–Kier alpha value is -2.15. The molecule has 5 nitrogen and oxygen atoms in total. The highest BCUT2D eigenvalue weighted by Crippen LogP contribution is 2.28. The van der Waals surface area contributed by atoms with Crippen LogP contribution in [0.4, 0.5) is 0 Å². The molecule has 3 N–H and O–H groups in total. The fourth-order valence-electron chi connectivity index (χ4n) is 5.40. The molecule has 34 heavy (non-hydrogen) atoms. The standard InChI is InChI=1S/C27H35ClN4OS/c1-21-9-11-22(12-10-21)19-32-16-15-31(20-27(32)13-5-2-6-14-27)26(34)30-18-25(33)29-17-23-7-3-4-8-24(23)28/h3-4,7-12H,2,5-6,13-20H2,1H3,(H,29,33)(H,30,34)/p+1. The highest BCUT2D eigenvalue weighted by atomic mass is 35.5. The predicted molar refractivity (Wildman–Crippen MR) is 142 cm³/mol. The molecule has 1 unspecified atom stereocenters. The number of quaternary nitrogens is 1. The Kier molecular flexibility index (Phi) is 8.46. The average molecular weight is 500 g/mol. The van der Waals surface area contributed by atoms with Crippen molar-refractivity contribution >= 4 is 34.8 Å². The number of hydrogen-bond acceptors (Lipinski definition) is 2. The minimum atomic E-state index is -0.0849. The number of piperazine rings is 1. The molecule has 1 spiro atoms. The van der Waals surface area contributed by atoms with E-state index in [2.05, 4.69) is 46.7 Å². The first kappa shape index (κ1) is 25.0. The van der Waals surface area contributed by atoms with Crippen molar-refractivity contribution in [2.24, 2.45) is 0 Å². The van der Waals surface area contributed by atoms with E-state index in [1.165, 1.54) is 43.2 Å². The molecule has 2 fully saturated rings. The monoisotopic (exact) mass is 499 g/mol. The molecule has 1 saturated heterocycles. The third-order valence-corrected chi connectivity index (χ3v) is 8.17. The molecule has 1 heterocycles. The first-order chi connectivity index (χ1) is 16.4. The lowest BCUT2D eigenvalue weighted by atomic mass is 9.78. The Labute approximate surface area is 213 Å². The van der Waals surface area contributed by atoms with Crippen molar-refractivity contribution in [1.82, 2.24) is 15.5 Å². The molecule has 182 valence electrons. The first-order valence-corrected chi connectivity index (χ1v) is 13.2. The van der Waals surface area contributed by atoms with Gasteiger partial charge in [-0.2, -0.15) is 0 Å². The summed E-state index contributed by atoms with van der Waals surface area (Å²) in [5.41, 5.74) is 3.87. The van der Waals surface area contributed by atoms with Crippen LogP contribution in [0, 0.1) is 6.92 Å². The zero-order chi connectivity index (χ0) is 24.0. The highest BCUT2D eigenvalue weighted by Gasteiger charge is 2.46. The third kappa shape index (κ3) is 6.29. The van der Waals surface area contributed by atoms with Crippen LogP contribution in [0.3, 0.4) is 0 Å². The molecule has 1 aliphatic heterocycles. The molecule has 1 saturated carbocycles. The van der Waals surface area contributed by atoms with Crippen LogP contribution in [0.25, 0.3) is 0 Å². The van der Waals surface area contributed by atoms with Crippen LogP contribution in [-0.2, 0) is 17.9 Å². The van der Waals surface area contributed by atoms with E-state index in [1.807, 2.05) is 24.3 Å². The Morgan fingerprint density at radius 1 is 1.09 bits per heavy atom. The van der Waals surface area contributed by atoms with Crippen LogP contribution in [-0.4, -0.2) is 47.6 Å². The Morgan fingerprint density at radius 3 is 2.56 bits per heavy atom. The zero-order valence-corrected chi connectivity index (χ0v) is 21.6. The summed E-state index contributed by atoms with van der Waals surface area (Å²) >= 11 is 11.9. The fourth-order valence-corrected chi connectivity index (χ4v) is 5.83. The number of nitrogens with zero attached hydrogens (tertiary/aromatic N) is 1. The molecular weight excluding hydrogens is 464 g/mol. The summed E-state index contributed by atoms with van der Waals surface area (Å²) in [6.07, 6.45) is 6.39. The lowest BCUT2D eigenvalue weighted by Crippen LogP contribution is -3.22. The lowest BCUT2D eigenvalue weighted by Gasteiger charge is -2.50. The molecule has 0 bridgehead atoms. The van der Waals surface area contributed by atoms with E-state index in [0.29, 0.717) is 16.7 Å². The van der Waals surface area contributed by atoms with Crippen molar-refractivity contribution in [3.8, 4) is 0 Å². The van der Waals surface area contributed by atoms with Crippen molar-refractivity contribution in [1.29, 1.82) is 0 Å². The smallest absolute Gasteiger partial charge is 0.239 e. The number of carbonyl (C=O) groups excluding carboxylic acids is 1. The Morgan fingerprint density at radius 2 is 1.82 bits per heavy atom. The number of aryl methyl sites for hydroxylation is 1. The van der Waals surface area contributed by atoms with E-state index < -0.39 is 0 Å². The lowest BCUT2D eigenvalue weighted by molar-refractivity contribution is -0.971. The molecule has 2 aromatic rings. The molecule has 1 atom stereocenters. The van der Waals surface area contributed by atoms with Crippen LogP contribution in [0.15, 0.2) is 48.5 Å². The molecule has 2 aromatic carbocycles. The summed E-state index contributed by atoms with van der Waals surface area (Å²) in [7, 11) is 0. The van der Waals surface area contributed by atoms with Gasteiger partial charge < -0.3 is 20.4 Å². The van der Waals surface area contributed by atoms with Gasteiger partial charge in [0.2, 0.25) is 5.91 Å². The predicted octanol–water partition coefficient (Wildman–Crippen LogP) is 3.24. The number of thiocarbonyl (C=S) groups is 1. The zero-order valence-electron chi connectivity index (χ0n) is 20.0. The van der Waals surface area contributed by atoms with Gasteiger partial charge in [0, 0.05) is 30.0 Å². The molecule has 0 radical (unpaired) electrons. The van der Waals surface area contributed by atoms with Crippen molar-refractivity contribution in [2.75, 3.05) is 26.2 Å². The number of nitrogens with one attached hydrogen (secondary N) is 3. The van der Waals surface area contributed by atoms with Crippen molar-refractivity contribution in [2.45, 2.75) is 57.7 Å². The van der Waals surface area contributed by atoms with Crippen LogP contribution < -0.4 is 15.5 Å². The average Bonchev–Trinajstić information content (AvgIpc) is 2.85. The van der Waals surface area contributed by atoms with Gasteiger partial charge in [-0.3, -0.25) is 4.79 Å². The van der Waals surface area contributed by atoms with Gasteiger partial charge in [0.25, 0.3) is 0 Å². The molecule has 1 aliphatic carbocycles. The number of halogens is 1. The SMILES string of the molecule is Cc1ccc(C[NH+]2CCN(C(=S)NCC(=O)NCc3ccccc3Cl)CC23CCCCC3)cc1. The van der Waals surface area contributed by atoms with Crippen LogP contribution >= 0.6 is 23.8 Å². The molecule has 1 amide bonds.